The molecule has 4 aliphatic rings. The van der Waals surface area contributed by atoms with E-state index in [2.05, 4.69) is 38.2 Å². The molecule has 2 heteroatoms. The highest BCUT2D eigenvalue weighted by atomic mass is 16.1. The number of hydrogen-bond acceptors (Lipinski definition) is 2. The van der Waals surface area contributed by atoms with Crippen molar-refractivity contribution >= 4 is 12.6 Å². The van der Waals surface area contributed by atoms with Crippen molar-refractivity contribution in [3.63, 3.8) is 0 Å². The molecule has 0 saturated heterocycles. The Labute approximate surface area is 129 Å². The van der Waals surface area contributed by atoms with Crippen molar-refractivity contribution in [1.82, 2.24) is 0 Å². The summed E-state index contributed by atoms with van der Waals surface area (Å²) in [4.78, 5) is 22.4. The van der Waals surface area contributed by atoms with Gasteiger partial charge in [0.15, 0.2) is 0 Å². The van der Waals surface area contributed by atoms with Gasteiger partial charge in [0.1, 0.15) is 12.6 Å². The van der Waals surface area contributed by atoms with E-state index in [-0.39, 0.29) is 10.8 Å². The van der Waals surface area contributed by atoms with Crippen LogP contribution in [0.25, 0.3) is 0 Å². The maximum absolute atomic E-state index is 11.2. The van der Waals surface area contributed by atoms with Crippen LogP contribution in [0.15, 0.2) is 82.0 Å². The molecule has 2 atom stereocenters. The minimum Gasteiger partial charge on any atom is -0.298 e. The highest BCUT2D eigenvalue weighted by Crippen LogP contribution is 2.65. The molecule has 0 fully saturated rings. The first kappa shape index (κ1) is 13.2. The minimum absolute atomic E-state index is 0.213. The van der Waals surface area contributed by atoms with Crippen molar-refractivity contribution < 1.29 is 9.59 Å². The van der Waals surface area contributed by atoms with Crippen molar-refractivity contribution in [3.05, 3.63) is 82.0 Å². The molecule has 0 radical (unpaired) electrons. The lowest BCUT2D eigenvalue weighted by Gasteiger charge is -2.56. The highest BCUT2D eigenvalue weighted by Gasteiger charge is 2.56. The second-order valence-corrected chi connectivity index (χ2v) is 6.55. The van der Waals surface area contributed by atoms with Gasteiger partial charge in [-0.2, -0.15) is 0 Å². The Hall–Kier alpha value is -2.48. The third kappa shape index (κ3) is 1.31. The Balaban J connectivity index is 2.08. The summed E-state index contributed by atoms with van der Waals surface area (Å²) < 4.78 is 0. The quantitative estimate of drug-likeness (QED) is 0.728. The molecule has 4 aliphatic carbocycles. The molecule has 2 nitrogen and oxygen atoms in total. The number of aldehydes is 2. The van der Waals surface area contributed by atoms with Gasteiger partial charge in [-0.05, 0) is 46.6 Å². The predicted molar refractivity (Wildman–Crippen MR) is 86.0 cm³/mol. The first-order valence-electron chi connectivity index (χ1n) is 7.43. The molecule has 0 aromatic carbocycles. The van der Waals surface area contributed by atoms with Crippen LogP contribution in [0.3, 0.4) is 0 Å². The van der Waals surface area contributed by atoms with Gasteiger partial charge >= 0.3 is 0 Å². The molecule has 4 rings (SSSR count). The summed E-state index contributed by atoms with van der Waals surface area (Å²) in [6.07, 6.45) is 18.0. The van der Waals surface area contributed by atoms with Crippen molar-refractivity contribution in [2.24, 2.45) is 10.8 Å². The molecule has 0 spiro atoms. The van der Waals surface area contributed by atoms with Gasteiger partial charge < -0.3 is 0 Å². The summed E-state index contributed by atoms with van der Waals surface area (Å²) in [5.74, 6) is 0. The van der Waals surface area contributed by atoms with Crippen molar-refractivity contribution in [2.75, 3.05) is 0 Å². The Morgan fingerprint density at radius 1 is 0.682 bits per heavy atom. The molecule has 0 amide bonds. The zero-order valence-electron chi connectivity index (χ0n) is 12.6. The van der Waals surface area contributed by atoms with Crippen molar-refractivity contribution in [1.29, 1.82) is 0 Å². The van der Waals surface area contributed by atoms with Gasteiger partial charge in [0.05, 0.1) is 0 Å². The zero-order valence-corrected chi connectivity index (χ0v) is 12.6. The number of allylic oxidation sites excluding steroid dienone is 14. The van der Waals surface area contributed by atoms with E-state index in [1.165, 1.54) is 0 Å². The average Bonchev–Trinajstić information content (AvgIpc) is 2.52. The largest absolute Gasteiger partial charge is 0.298 e. The van der Waals surface area contributed by atoms with Crippen LogP contribution in [0, 0.1) is 10.8 Å². The first-order valence-corrected chi connectivity index (χ1v) is 7.43. The van der Waals surface area contributed by atoms with E-state index in [1.54, 1.807) is 0 Å². The molecule has 0 N–H and O–H groups in total. The van der Waals surface area contributed by atoms with Crippen LogP contribution >= 0.6 is 0 Å². The molecule has 108 valence electrons. The van der Waals surface area contributed by atoms with Crippen LogP contribution in [-0.2, 0) is 9.59 Å². The lowest BCUT2D eigenvalue weighted by molar-refractivity contribution is -0.105. The lowest BCUT2D eigenvalue weighted by atomic mass is 9.46. The Morgan fingerprint density at radius 2 is 1.09 bits per heavy atom. The fraction of sp³-hybridized carbons (Fsp3) is 0.200. The average molecular weight is 288 g/mol. The molecular formula is C20H16O2. The third-order valence-corrected chi connectivity index (χ3v) is 5.76. The highest BCUT2D eigenvalue weighted by molar-refractivity contribution is 5.85. The molecule has 0 heterocycles. The van der Waals surface area contributed by atoms with Gasteiger partial charge in [0.2, 0.25) is 0 Å². The second kappa shape index (κ2) is 4.04. The van der Waals surface area contributed by atoms with E-state index in [0.29, 0.717) is 11.1 Å². The van der Waals surface area contributed by atoms with Crippen LogP contribution in [0.2, 0.25) is 0 Å². The smallest absolute Gasteiger partial charge is 0.150 e. The van der Waals surface area contributed by atoms with E-state index in [0.717, 1.165) is 34.9 Å². The summed E-state index contributed by atoms with van der Waals surface area (Å²) in [6, 6.07) is 0. The topological polar surface area (TPSA) is 34.1 Å². The molecule has 2 unspecified atom stereocenters. The summed E-state index contributed by atoms with van der Waals surface area (Å²) in [6.45, 7) is 4.46. The Kier molecular flexibility index (Phi) is 2.42. The van der Waals surface area contributed by atoms with Crippen molar-refractivity contribution in [2.45, 2.75) is 13.8 Å². The number of carbonyl (C=O) groups excluding carboxylic acids is 2. The summed E-state index contributed by atoms with van der Waals surface area (Å²) in [7, 11) is 0. The van der Waals surface area contributed by atoms with E-state index in [1.807, 2.05) is 24.3 Å². The summed E-state index contributed by atoms with van der Waals surface area (Å²) >= 11 is 0. The number of carbonyl (C=O) groups is 2. The predicted octanol–water partition coefficient (Wildman–Crippen LogP) is 3.57. The van der Waals surface area contributed by atoms with Crippen molar-refractivity contribution in [3.8, 4) is 0 Å². The fourth-order valence-corrected chi connectivity index (χ4v) is 4.22. The van der Waals surface area contributed by atoms with Gasteiger partial charge in [-0.25, -0.2) is 0 Å². The summed E-state index contributed by atoms with van der Waals surface area (Å²) in [5, 5.41) is 0. The van der Waals surface area contributed by atoms with E-state index >= 15 is 0 Å². The van der Waals surface area contributed by atoms with Gasteiger partial charge in [-0.1, -0.05) is 38.2 Å². The van der Waals surface area contributed by atoms with E-state index < -0.39 is 0 Å². The molecular weight excluding hydrogens is 272 g/mol. The molecule has 0 aliphatic heterocycles. The Morgan fingerprint density at radius 3 is 1.45 bits per heavy atom. The first-order chi connectivity index (χ1) is 10.5. The summed E-state index contributed by atoms with van der Waals surface area (Å²) in [5.41, 5.74) is 5.58. The normalized spacial score (nSPS) is 34.3. The molecule has 0 aromatic rings. The zero-order chi connectivity index (χ0) is 15.5. The van der Waals surface area contributed by atoms with Gasteiger partial charge in [-0.3, -0.25) is 9.59 Å². The van der Waals surface area contributed by atoms with Gasteiger partial charge in [0.25, 0.3) is 0 Å². The van der Waals surface area contributed by atoms with E-state index in [9.17, 15) is 9.59 Å². The van der Waals surface area contributed by atoms with E-state index in [4.69, 9.17) is 0 Å². The molecule has 22 heavy (non-hydrogen) atoms. The Bertz CT molecular complexity index is 769. The standard InChI is InChI=1S/C20H16O2/c1-19-15-3-5-17-9-14(12-22)10-18(20(17,19)2)6-4-16(19)8-13(7-15)11-21/h3-12H,1-2H3. The SMILES string of the molecule is CC12C3=CC=C4C=C(C=O)C=C(C=CC1=CC(C=O)=C3)C42C. The maximum atomic E-state index is 11.2. The van der Waals surface area contributed by atoms with Crippen LogP contribution < -0.4 is 0 Å². The number of hydrogen-bond donors (Lipinski definition) is 0. The van der Waals surface area contributed by atoms with Crippen LogP contribution in [0.5, 0.6) is 0 Å². The molecule has 0 aromatic heterocycles. The third-order valence-electron chi connectivity index (χ3n) is 5.76. The minimum atomic E-state index is -0.213. The van der Waals surface area contributed by atoms with Crippen LogP contribution in [0.4, 0.5) is 0 Å². The monoisotopic (exact) mass is 288 g/mol. The molecule has 0 saturated carbocycles. The number of rotatable bonds is 2. The van der Waals surface area contributed by atoms with Crippen LogP contribution in [0.1, 0.15) is 13.8 Å². The van der Waals surface area contributed by atoms with Gasteiger partial charge in [-0.15, -0.1) is 0 Å². The second-order valence-electron chi connectivity index (χ2n) is 6.55. The maximum Gasteiger partial charge on any atom is 0.150 e. The fourth-order valence-electron chi connectivity index (χ4n) is 4.22. The molecule has 0 bridgehead atoms. The lowest BCUT2D eigenvalue weighted by Crippen LogP contribution is -2.47. The van der Waals surface area contributed by atoms with Crippen LogP contribution in [-0.4, -0.2) is 12.6 Å². The van der Waals surface area contributed by atoms with Gasteiger partial charge in [0, 0.05) is 22.0 Å².